The third-order valence-corrected chi connectivity index (χ3v) is 4.18. The van der Waals surface area contributed by atoms with E-state index < -0.39 is 0 Å². The largest absolute Gasteiger partial charge is 0.346 e. The zero-order valence-electron chi connectivity index (χ0n) is 12.2. The van der Waals surface area contributed by atoms with Crippen LogP contribution < -0.4 is 5.32 Å². The molecule has 1 atom stereocenters. The summed E-state index contributed by atoms with van der Waals surface area (Å²) >= 11 is 6.15. The summed E-state index contributed by atoms with van der Waals surface area (Å²) in [5, 5.41) is 4.94. The van der Waals surface area contributed by atoms with E-state index >= 15 is 0 Å². The van der Waals surface area contributed by atoms with Gasteiger partial charge in [-0.05, 0) is 17.9 Å². The minimum atomic E-state index is -0.264. The topological polar surface area (TPSA) is 62.3 Å². The third kappa shape index (κ3) is 2.90. The van der Waals surface area contributed by atoms with Gasteiger partial charge in [0.25, 0.3) is 5.91 Å². The number of halogens is 1. The summed E-state index contributed by atoms with van der Waals surface area (Å²) in [7, 11) is 1.74. The Hall–Kier alpha value is -2.14. The molecule has 0 bridgehead atoms. The highest BCUT2D eigenvalue weighted by Gasteiger charge is 2.24. The van der Waals surface area contributed by atoms with Crippen LogP contribution in [0.2, 0.25) is 5.15 Å². The number of hydrogen-bond acceptors (Lipinski definition) is 3. The molecule has 1 aliphatic heterocycles. The minimum Gasteiger partial charge on any atom is -0.346 e. The third-order valence-electron chi connectivity index (χ3n) is 3.89. The fourth-order valence-electron chi connectivity index (χ4n) is 2.66. The highest BCUT2D eigenvalue weighted by molar-refractivity contribution is 6.34. The van der Waals surface area contributed by atoms with E-state index in [0.29, 0.717) is 30.2 Å². The van der Waals surface area contributed by atoms with E-state index in [1.165, 1.54) is 0 Å². The predicted molar refractivity (Wildman–Crippen MR) is 84.9 cm³/mol. The number of pyridine rings is 1. The van der Waals surface area contributed by atoms with Crippen LogP contribution in [0, 0.1) is 0 Å². The number of nitrogens with one attached hydrogen (secondary N) is 1. The van der Waals surface area contributed by atoms with Gasteiger partial charge in [-0.1, -0.05) is 35.9 Å². The predicted octanol–water partition coefficient (Wildman–Crippen LogP) is 2.24. The molecule has 1 unspecified atom stereocenters. The molecule has 0 saturated carbocycles. The Kier molecular flexibility index (Phi) is 3.98. The van der Waals surface area contributed by atoms with Gasteiger partial charge in [-0.2, -0.15) is 0 Å². The van der Waals surface area contributed by atoms with Gasteiger partial charge in [0.1, 0.15) is 10.8 Å². The molecule has 1 N–H and O–H groups in total. The van der Waals surface area contributed by atoms with E-state index in [0.717, 1.165) is 10.8 Å². The molecule has 114 valence electrons. The van der Waals surface area contributed by atoms with Crippen molar-refractivity contribution >= 4 is 34.2 Å². The van der Waals surface area contributed by atoms with Crippen LogP contribution in [-0.2, 0) is 4.79 Å². The van der Waals surface area contributed by atoms with Crippen molar-refractivity contribution in [3.05, 3.63) is 41.2 Å². The van der Waals surface area contributed by atoms with Crippen LogP contribution in [0.15, 0.2) is 30.3 Å². The zero-order valence-corrected chi connectivity index (χ0v) is 12.9. The number of aromatic nitrogens is 1. The van der Waals surface area contributed by atoms with Gasteiger partial charge in [-0.15, -0.1) is 0 Å². The number of benzene rings is 1. The number of carbonyl (C=O) groups is 2. The van der Waals surface area contributed by atoms with E-state index in [1.807, 2.05) is 24.3 Å². The second kappa shape index (κ2) is 5.93. The Bertz CT molecular complexity index is 747. The lowest BCUT2D eigenvalue weighted by Crippen LogP contribution is -2.48. The number of rotatable bonds is 2. The molecular weight excluding hydrogens is 302 g/mol. The van der Waals surface area contributed by atoms with Crippen molar-refractivity contribution < 1.29 is 9.59 Å². The van der Waals surface area contributed by atoms with E-state index in [4.69, 9.17) is 11.6 Å². The number of piperidine rings is 1. The molecule has 0 aliphatic carbocycles. The summed E-state index contributed by atoms with van der Waals surface area (Å²) in [5.74, 6) is -0.155. The molecule has 5 nitrogen and oxygen atoms in total. The van der Waals surface area contributed by atoms with Crippen molar-refractivity contribution in [1.82, 2.24) is 15.2 Å². The smallest absolute Gasteiger partial charge is 0.270 e. The molecule has 3 rings (SSSR count). The van der Waals surface area contributed by atoms with Crippen LogP contribution in [0.4, 0.5) is 0 Å². The number of carbonyl (C=O) groups excluding carboxylic acids is 2. The van der Waals surface area contributed by atoms with Crippen LogP contribution in [0.1, 0.15) is 23.3 Å². The van der Waals surface area contributed by atoms with E-state index in [1.54, 1.807) is 18.0 Å². The van der Waals surface area contributed by atoms with Crippen molar-refractivity contribution in [1.29, 1.82) is 0 Å². The number of likely N-dealkylation sites (tertiary alicyclic amines) is 1. The molecule has 1 aromatic heterocycles. The molecule has 2 heterocycles. The number of fused-ring (bicyclic) bond motifs is 1. The summed E-state index contributed by atoms with van der Waals surface area (Å²) in [6, 6.07) is 9.21. The van der Waals surface area contributed by atoms with Crippen molar-refractivity contribution in [3.8, 4) is 0 Å². The SMILES string of the molecule is CN1CC(NC(=O)c2cc3ccccc3c(Cl)n2)CCC1=O. The molecule has 1 aliphatic rings. The maximum Gasteiger partial charge on any atom is 0.270 e. The fourth-order valence-corrected chi connectivity index (χ4v) is 2.93. The second-order valence-corrected chi connectivity index (χ2v) is 5.86. The Morgan fingerprint density at radius 2 is 2.18 bits per heavy atom. The number of nitrogens with zero attached hydrogens (tertiary/aromatic N) is 2. The second-order valence-electron chi connectivity index (χ2n) is 5.50. The molecule has 1 fully saturated rings. The molecular formula is C16H16ClN3O2. The average molecular weight is 318 g/mol. The molecule has 6 heteroatoms. The van der Waals surface area contributed by atoms with Crippen molar-refractivity contribution in [2.45, 2.75) is 18.9 Å². The summed E-state index contributed by atoms with van der Waals surface area (Å²) in [4.78, 5) is 29.6. The van der Waals surface area contributed by atoms with Gasteiger partial charge in [-0.3, -0.25) is 9.59 Å². The molecule has 22 heavy (non-hydrogen) atoms. The fraction of sp³-hybridized carbons (Fsp3) is 0.312. The average Bonchev–Trinajstić information content (AvgIpc) is 2.51. The molecule has 2 aromatic rings. The quantitative estimate of drug-likeness (QED) is 0.864. The lowest BCUT2D eigenvalue weighted by atomic mass is 10.1. The van der Waals surface area contributed by atoms with Gasteiger partial charge in [0, 0.05) is 31.4 Å². The van der Waals surface area contributed by atoms with Gasteiger partial charge >= 0.3 is 0 Å². The summed E-state index contributed by atoms with van der Waals surface area (Å²) in [5.41, 5.74) is 0.295. The highest BCUT2D eigenvalue weighted by atomic mass is 35.5. The monoisotopic (exact) mass is 317 g/mol. The lowest BCUT2D eigenvalue weighted by Gasteiger charge is -2.30. The zero-order chi connectivity index (χ0) is 15.7. The molecule has 0 spiro atoms. The van der Waals surface area contributed by atoms with Crippen LogP contribution >= 0.6 is 11.6 Å². The van der Waals surface area contributed by atoms with Gasteiger partial charge in [0.2, 0.25) is 5.91 Å². The minimum absolute atomic E-state index is 0.0535. The van der Waals surface area contributed by atoms with Crippen LogP contribution in [0.5, 0.6) is 0 Å². The molecule has 0 radical (unpaired) electrons. The Morgan fingerprint density at radius 3 is 2.95 bits per heavy atom. The van der Waals surface area contributed by atoms with Crippen LogP contribution in [0.3, 0.4) is 0 Å². The normalized spacial score (nSPS) is 18.5. The van der Waals surface area contributed by atoms with Gasteiger partial charge < -0.3 is 10.2 Å². The van der Waals surface area contributed by atoms with Gasteiger partial charge in [-0.25, -0.2) is 4.98 Å². The lowest BCUT2D eigenvalue weighted by molar-refractivity contribution is -0.132. The van der Waals surface area contributed by atoms with Crippen molar-refractivity contribution in [3.63, 3.8) is 0 Å². The maximum atomic E-state index is 12.4. The van der Waals surface area contributed by atoms with Crippen molar-refractivity contribution in [2.24, 2.45) is 0 Å². The Morgan fingerprint density at radius 1 is 1.41 bits per heavy atom. The maximum absolute atomic E-state index is 12.4. The first-order chi connectivity index (χ1) is 10.5. The van der Waals surface area contributed by atoms with E-state index in [9.17, 15) is 9.59 Å². The number of hydrogen-bond donors (Lipinski definition) is 1. The number of amides is 2. The van der Waals surface area contributed by atoms with E-state index in [-0.39, 0.29) is 17.9 Å². The van der Waals surface area contributed by atoms with Crippen LogP contribution in [-0.4, -0.2) is 41.3 Å². The van der Waals surface area contributed by atoms with E-state index in [2.05, 4.69) is 10.3 Å². The summed E-state index contributed by atoms with van der Waals surface area (Å²) in [6.07, 6.45) is 1.10. The molecule has 2 amide bonds. The highest BCUT2D eigenvalue weighted by Crippen LogP contribution is 2.22. The van der Waals surface area contributed by atoms with Gasteiger partial charge in [0.05, 0.1) is 0 Å². The Balaban J connectivity index is 1.79. The summed E-state index contributed by atoms with van der Waals surface area (Å²) in [6.45, 7) is 0.520. The van der Waals surface area contributed by atoms with Crippen LogP contribution in [0.25, 0.3) is 10.8 Å². The first-order valence-corrected chi connectivity index (χ1v) is 7.52. The standard InChI is InChI=1S/C16H16ClN3O2/c1-20-9-11(6-7-14(20)21)18-16(22)13-8-10-4-2-3-5-12(10)15(17)19-13/h2-5,8,11H,6-7,9H2,1H3,(H,18,22). The molecule has 1 aromatic carbocycles. The molecule has 1 saturated heterocycles. The van der Waals surface area contributed by atoms with Crippen molar-refractivity contribution in [2.75, 3.05) is 13.6 Å². The van der Waals surface area contributed by atoms with Gasteiger partial charge in [0.15, 0.2) is 0 Å². The Labute approximate surface area is 133 Å². The first-order valence-electron chi connectivity index (χ1n) is 7.14. The summed E-state index contributed by atoms with van der Waals surface area (Å²) < 4.78 is 0. The number of likely N-dealkylation sites (N-methyl/N-ethyl adjacent to an activating group) is 1. The first kappa shape index (κ1) is 14.8.